The van der Waals surface area contributed by atoms with Crippen molar-refractivity contribution in [1.82, 2.24) is 15.0 Å². The van der Waals surface area contributed by atoms with Crippen molar-refractivity contribution in [2.45, 2.75) is 33.2 Å². The van der Waals surface area contributed by atoms with E-state index in [1.54, 1.807) is 11.0 Å². The zero-order chi connectivity index (χ0) is 18.1. The second-order valence-corrected chi connectivity index (χ2v) is 6.74. The van der Waals surface area contributed by atoms with Crippen LogP contribution in [-0.4, -0.2) is 53.3 Å². The van der Waals surface area contributed by atoms with Gasteiger partial charge in [-0.3, -0.25) is 4.90 Å². The van der Waals surface area contributed by atoms with E-state index in [0.29, 0.717) is 5.82 Å². The second kappa shape index (κ2) is 6.84. The van der Waals surface area contributed by atoms with Crippen molar-refractivity contribution in [1.29, 1.82) is 0 Å². The van der Waals surface area contributed by atoms with Crippen molar-refractivity contribution in [3.05, 3.63) is 39.9 Å². The van der Waals surface area contributed by atoms with Crippen LogP contribution in [0.2, 0.25) is 0 Å². The predicted octanol–water partition coefficient (Wildman–Crippen LogP) is 2.05. The van der Waals surface area contributed by atoms with Gasteiger partial charge in [-0.25, -0.2) is 9.78 Å². The number of nitrogens with zero attached hydrogens (tertiary/aromatic N) is 4. The van der Waals surface area contributed by atoms with Crippen LogP contribution in [0.4, 0.5) is 5.82 Å². The van der Waals surface area contributed by atoms with Gasteiger partial charge in [-0.2, -0.15) is 0 Å². The number of aromatic nitrogens is 2. The van der Waals surface area contributed by atoms with Crippen LogP contribution in [0.5, 0.6) is 0 Å². The van der Waals surface area contributed by atoms with Crippen LogP contribution in [0.1, 0.15) is 38.6 Å². The first-order valence-corrected chi connectivity index (χ1v) is 8.44. The third-order valence-electron chi connectivity index (χ3n) is 4.75. The number of hydrogen-bond acceptors (Lipinski definition) is 6. The van der Waals surface area contributed by atoms with E-state index in [0.717, 1.165) is 60.8 Å². The number of aromatic carboxylic acids is 1. The Bertz CT molecular complexity index is 778. The zero-order valence-electron chi connectivity index (χ0n) is 15.2. The highest BCUT2D eigenvalue weighted by atomic mass is 16.5. The number of anilines is 1. The van der Waals surface area contributed by atoms with Gasteiger partial charge in [0.15, 0.2) is 0 Å². The molecule has 3 rings (SSSR count). The first-order chi connectivity index (χ1) is 11.9. The lowest BCUT2D eigenvalue weighted by molar-refractivity contribution is 0.0697. The fraction of sp³-hybridized carbons (Fsp3) is 0.500. The molecule has 1 aliphatic heterocycles. The first kappa shape index (κ1) is 17.4. The Hall–Kier alpha value is -2.41. The predicted molar refractivity (Wildman–Crippen MR) is 94.2 cm³/mol. The van der Waals surface area contributed by atoms with Gasteiger partial charge >= 0.3 is 5.97 Å². The average molecular weight is 344 g/mol. The molecule has 0 bridgehead atoms. The average Bonchev–Trinajstić information content (AvgIpc) is 2.77. The summed E-state index contributed by atoms with van der Waals surface area (Å²) in [6.45, 7) is 6.43. The summed E-state index contributed by atoms with van der Waals surface area (Å²) < 4.78 is 5.25. The lowest BCUT2D eigenvalue weighted by Crippen LogP contribution is -2.26. The summed E-state index contributed by atoms with van der Waals surface area (Å²) in [5.41, 5.74) is 4.36. The van der Waals surface area contributed by atoms with Gasteiger partial charge in [0, 0.05) is 51.4 Å². The number of rotatable bonds is 4. The molecule has 7 heteroatoms. The molecular weight excluding hydrogens is 320 g/mol. The molecule has 0 aromatic carbocycles. The summed E-state index contributed by atoms with van der Waals surface area (Å²) in [6, 6.07) is 1.79. The maximum absolute atomic E-state index is 11.6. The number of carbonyl (C=O) groups is 1. The number of carboxylic acid groups (broad SMARTS) is 1. The molecule has 0 atom stereocenters. The molecule has 25 heavy (non-hydrogen) atoms. The highest BCUT2D eigenvalue weighted by Crippen LogP contribution is 2.24. The molecule has 1 N–H and O–H groups in total. The van der Waals surface area contributed by atoms with Crippen molar-refractivity contribution in [3.63, 3.8) is 0 Å². The maximum atomic E-state index is 11.6. The normalized spacial score (nSPS) is 14.9. The van der Waals surface area contributed by atoms with Crippen molar-refractivity contribution in [2.24, 2.45) is 0 Å². The number of fused-ring (bicyclic) bond motifs is 1. The van der Waals surface area contributed by atoms with Crippen LogP contribution in [0.15, 0.2) is 10.6 Å². The maximum Gasteiger partial charge on any atom is 0.339 e. The molecule has 0 aliphatic carbocycles. The third-order valence-corrected chi connectivity index (χ3v) is 4.75. The third kappa shape index (κ3) is 3.51. The molecule has 0 unspecified atom stereocenters. The molecule has 1 aliphatic rings. The largest absolute Gasteiger partial charge is 0.478 e. The van der Waals surface area contributed by atoms with Crippen LogP contribution in [0, 0.1) is 13.8 Å². The number of carboxylic acids is 1. The minimum absolute atomic E-state index is 0.267. The summed E-state index contributed by atoms with van der Waals surface area (Å²) in [5.74, 6) is 0.446. The minimum Gasteiger partial charge on any atom is -0.478 e. The Balaban J connectivity index is 1.83. The Morgan fingerprint density at radius 2 is 2.04 bits per heavy atom. The molecule has 2 aromatic rings. The van der Waals surface area contributed by atoms with Gasteiger partial charge in [0.1, 0.15) is 17.1 Å². The fourth-order valence-electron chi connectivity index (χ4n) is 3.28. The quantitative estimate of drug-likeness (QED) is 0.909. The van der Waals surface area contributed by atoms with Gasteiger partial charge in [0.2, 0.25) is 0 Å². The van der Waals surface area contributed by atoms with Crippen LogP contribution in [0.25, 0.3) is 0 Å². The van der Waals surface area contributed by atoms with Crippen molar-refractivity contribution < 1.29 is 14.4 Å². The second-order valence-electron chi connectivity index (χ2n) is 6.74. The topological polar surface area (TPSA) is 82.7 Å². The Kier molecular flexibility index (Phi) is 4.76. The van der Waals surface area contributed by atoms with Gasteiger partial charge in [0.05, 0.1) is 5.69 Å². The number of pyridine rings is 1. The van der Waals surface area contributed by atoms with Gasteiger partial charge in [-0.15, -0.1) is 0 Å². The van der Waals surface area contributed by atoms with E-state index in [9.17, 15) is 9.90 Å². The van der Waals surface area contributed by atoms with Crippen LogP contribution >= 0.6 is 0 Å². The smallest absolute Gasteiger partial charge is 0.339 e. The monoisotopic (exact) mass is 344 g/mol. The summed E-state index contributed by atoms with van der Waals surface area (Å²) >= 11 is 0. The summed E-state index contributed by atoms with van der Waals surface area (Å²) in [6.07, 6.45) is 1.60. The van der Waals surface area contributed by atoms with E-state index < -0.39 is 5.97 Å². The van der Waals surface area contributed by atoms with Gasteiger partial charge < -0.3 is 14.5 Å². The Morgan fingerprint density at radius 1 is 1.32 bits per heavy atom. The lowest BCUT2D eigenvalue weighted by atomic mass is 10.1. The highest BCUT2D eigenvalue weighted by molar-refractivity contribution is 5.93. The number of hydrogen-bond donors (Lipinski definition) is 1. The molecule has 3 heterocycles. The SMILES string of the molecule is Cc1noc(C)c1CN1CCc2cc(C(=O)O)c(N(C)C)nc2CC1. The molecule has 7 nitrogen and oxygen atoms in total. The minimum atomic E-state index is -0.934. The van der Waals surface area contributed by atoms with Crippen LogP contribution < -0.4 is 4.90 Å². The standard InChI is InChI=1S/C18H24N4O3/c1-11-15(12(2)25-20-11)10-22-7-5-13-9-14(18(23)24)17(21(3)4)19-16(13)6-8-22/h9H,5-8,10H2,1-4H3,(H,23,24). The van der Waals surface area contributed by atoms with E-state index in [1.807, 2.05) is 27.9 Å². The molecule has 0 fully saturated rings. The molecule has 0 spiro atoms. The summed E-state index contributed by atoms with van der Waals surface area (Å²) in [4.78, 5) is 20.3. The van der Waals surface area contributed by atoms with Crippen LogP contribution in [-0.2, 0) is 19.4 Å². The first-order valence-electron chi connectivity index (χ1n) is 8.44. The molecule has 0 saturated carbocycles. The summed E-state index contributed by atoms with van der Waals surface area (Å²) in [7, 11) is 3.64. The zero-order valence-corrected chi connectivity index (χ0v) is 15.2. The Labute approximate surface area is 147 Å². The molecular formula is C18H24N4O3. The number of aryl methyl sites for hydroxylation is 2. The Morgan fingerprint density at radius 3 is 2.64 bits per heavy atom. The molecule has 0 radical (unpaired) electrons. The van der Waals surface area contributed by atoms with Crippen molar-refractivity contribution in [3.8, 4) is 0 Å². The lowest BCUT2D eigenvalue weighted by Gasteiger charge is -2.19. The molecule has 134 valence electrons. The molecule has 0 amide bonds. The van der Waals surface area contributed by atoms with E-state index in [2.05, 4.69) is 15.0 Å². The van der Waals surface area contributed by atoms with Crippen molar-refractivity contribution in [2.75, 3.05) is 32.1 Å². The van der Waals surface area contributed by atoms with E-state index in [-0.39, 0.29) is 5.56 Å². The fourth-order valence-corrected chi connectivity index (χ4v) is 3.28. The van der Waals surface area contributed by atoms with Gasteiger partial charge in [-0.05, 0) is 31.9 Å². The molecule has 2 aromatic heterocycles. The van der Waals surface area contributed by atoms with Gasteiger partial charge in [-0.1, -0.05) is 5.16 Å². The van der Waals surface area contributed by atoms with E-state index in [1.165, 1.54) is 0 Å². The van der Waals surface area contributed by atoms with E-state index >= 15 is 0 Å². The summed E-state index contributed by atoms with van der Waals surface area (Å²) in [5, 5.41) is 13.5. The van der Waals surface area contributed by atoms with Crippen molar-refractivity contribution >= 4 is 11.8 Å². The van der Waals surface area contributed by atoms with Gasteiger partial charge in [0.25, 0.3) is 0 Å². The highest BCUT2D eigenvalue weighted by Gasteiger charge is 2.22. The van der Waals surface area contributed by atoms with E-state index in [4.69, 9.17) is 4.52 Å². The molecule has 0 saturated heterocycles. The van der Waals surface area contributed by atoms with Crippen LogP contribution in [0.3, 0.4) is 0 Å².